The van der Waals surface area contributed by atoms with Gasteiger partial charge in [0, 0.05) is 6.42 Å². The maximum absolute atomic E-state index is 10.6. The van der Waals surface area contributed by atoms with Crippen LogP contribution in [0.5, 0.6) is 0 Å². The Morgan fingerprint density at radius 1 is 1.73 bits per heavy atom. The number of hydrogen-bond donors (Lipinski definition) is 1. The van der Waals surface area contributed by atoms with Crippen LogP contribution in [0.25, 0.3) is 0 Å². The van der Waals surface area contributed by atoms with Crippen molar-refractivity contribution in [1.82, 2.24) is 0 Å². The van der Waals surface area contributed by atoms with Gasteiger partial charge < -0.3 is 9.94 Å². The van der Waals surface area contributed by atoms with E-state index in [0.29, 0.717) is 13.2 Å². The molecule has 0 fully saturated rings. The molecule has 0 aliphatic rings. The lowest BCUT2D eigenvalue weighted by Crippen LogP contribution is -2.04. The zero-order valence-corrected chi connectivity index (χ0v) is 6.19. The molecule has 0 bridgehead atoms. The van der Waals surface area contributed by atoms with E-state index < -0.39 is 0 Å². The third-order valence-electron chi connectivity index (χ3n) is 0.930. The summed E-state index contributed by atoms with van der Waals surface area (Å²) in [5, 5.41) is 10.5. The van der Waals surface area contributed by atoms with Crippen LogP contribution in [-0.4, -0.2) is 30.4 Å². The number of nitrogens with zero attached hydrogens (tertiary/aromatic N) is 1. The Labute approximate surface area is 65.2 Å². The number of carbonyl (C=O) groups is 1. The molecule has 4 nitrogen and oxygen atoms in total. The minimum Gasteiger partial charge on any atom is -0.411 e. The van der Waals surface area contributed by atoms with Crippen molar-refractivity contribution in [2.24, 2.45) is 5.16 Å². The molecule has 0 spiro atoms. The second-order valence-electron chi connectivity index (χ2n) is 1.82. The molecule has 4 heteroatoms. The average molecular weight is 157 g/mol. The molecule has 0 unspecified atom stereocenters. The summed E-state index contributed by atoms with van der Waals surface area (Å²) >= 11 is 0. The Hall–Kier alpha value is -1.16. The number of ether oxygens (including phenoxy) is 1. The molecule has 0 rings (SSSR count). The molecule has 0 aliphatic carbocycles. The first-order valence-corrected chi connectivity index (χ1v) is 3.20. The van der Waals surface area contributed by atoms with Crippen LogP contribution in [0.2, 0.25) is 0 Å². The smallest absolute Gasteiger partial charge is 0.179 e. The molecule has 0 amide bonds. The van der Waals surface area contributed by atoms with Crippen LogP contribution in [0.1, 0.15) is 6.42 Å². The minimum absolute atomic E-state index is 0.234. The first-order chi connectivity index (χ1) is 5.31. The summed E-state index contributed by atoms with van der Waals surface area (Å²) in [6.45, 7) is 4.20. The molecule has 62 valence electrons. The van der Waals surface area contributed by atoms with Gasteiger partial charge in [0.1, 0.15) is 6.21 Å². The van der Waals surface area contributed by atoms with Crippen LogP contribution >= 0.6 is 0 Å². The highest BCUT2D eigenvalue weighted by molar-refractivity contribution is 6.27. The van der Waals surface area contributed by atoms with Crippen LogP contribution < -0.4 is 0 Å². The van der Waals surface area contributed by atoms with Gasteiger partial charge in [-0.05, 0) is 0 Å². The fourth-order valence-corrected chi connectivity index (χ4v) is 0.468. The number of carbonyl (C=O) groups excluding carboxylic acids is 1. The zero-order chi connectivity index (χ0) is 8.53. The van der Waals surface area contributed by atoms with E-state index in [4.69, 9.17) is 9.94 Å². The summed E-state index contributed by atoms with van der Waals surface area (Å²) in [5.74, 6) is -0.253. The Bertz CT molecular complexity index is 154. The topological polar surface area (TPSA) is 58.9 Å². The summed E-state index contributed by atoms with van der Waals surface area (Å²) in [7, 11) is 0. The molecular weight excluding hydrogens is 146 g/mol. The van der Waals surface area contributed by atoms with E-state index in [1.165, 1.54) is 0 Å². The molecule has 0 aliphatic heterocycles. The predicted octanol–water partition coefficient (Wildman–Crippen LogP) is 0.608. The molecule has 0 atom stereocenters. The van der Waals surface area contributed by atoms with E-state index >= 15 is 0 Å². The summed E-state index contributed by atoms with van der Waals surface area (Å²) in [5.41, 5.74) is 0. The quantitative estimate of drug-likeness (QED) is 0.202. The lowest BCUT2D eigenvalue weighted by molar-refractivity contribution is -0.113. The molecule has 1 N–H and O–H groups in total. The van der Waals surface area contributed by atoms with Gasteiger partial charge in [-0.3, -0.25) is 4.79 Å². The second kappa shape index (κ2) is 6.95. The summed E-state index contributed by atoms with van der Waals surface area (Å²) in [4.78, 5) is 10.6. The van der Waals surface area contributed by atoms with Gasteiger partial charge in [-0.2, -0.15) is 0 Å². The molecule has 0 aromatic heterocycles. The van der Waals surface area contributed by atoms with Crippen molar-refractivity contribution in [2.45, 2.75) is 6.42 Å². The first-order valence-electron chi connectivity index (χ1n) is 3.20. The van der Waals surface area contributed by atoms with Crippen molar-refractivity contribution in [1.29, 1.82) is 0 Å². The maximum atomic E-state index is 10.6. The summed E-state index contributed by atoms with van der Waals surface area (Å²) < 4.78 is 4.92. The van der Waals surface area contributed by atoms with Gasteiger partial charge in [0.25, 0.3) is 0 Å². The van der Waals surface area contributed by atoms with E-state index in [0.717, 1.165) is 6.21 Å². The van der Waals surface area contributed by atoms with Crippen LogP contribution in [0.3, 0.4) is 0 Å². The Kier molecular flexibility index (Phi) is 6.22. The Morgan fingerprint density at radius 3 is 3.00 bits per heavy atom. The van der Waals surface area contributed by atoms with Crippen LogP contribution in [-0.2, 0) is 9.53 Å². The molecule has 0 radical (unpaired) electrons. The lowest BCUT2D eigenvalue weighted by atomic mass is 10.3. The van der Waals surface area contributed by atoms with E-state index in [1.54, 1.807) is 6.08 Å². The van der Waals surface area contributed by atoms with Gasteiger partial charge in [0.15, 0.2) is 5.78 Å². The van der Waals surface area contributed by atoms with E-state index in [9.17, 15) is 4.79 Å². The third-order valence-corrected chi connectivity index (χ3v) is 0.930. The van der Waals surface area contributed by atoms with Gasteiger partial charge >= 0.3 is 0 Å². The van der Waals surface area contributed by atoms with Crippen LogP contribution in [0, 0.1) is 0 Å². The highest BCUT2D eigenvalue weighted by Crippen LogP contribution is 1.83. The van der Waals surface area contributed by atoms with Crippen molar-refractivity contribution in [3.8, 4) is 0 Å². The van der Waals surface area contributed by atoms with Gasteiger partial charge in [-0.1, -0.05) is 11.2 Å². The second-order valence-corrected chi connectivity index (χ2v) is 1.82. The Balaban J connectivity index is 3.24. The van der Waals surface area contributed by atoms with Crippen molar-refractivity contribution in [2.75, 3.05) is 13.2 Å². The Morgan fingerprint density at radius 2 is 2.45 bits per heavy atom. The van der Waals surface area contributed by atoms with E-state index in [-0.39, 0.29) is 12.2 Å². The van der Waals surface area contributed by atoms with Gasteiger partial charge in [0.2, 0.25) is 0 Å². The summed E-state index contributed by atoms with van der Waals surface area (Å²) in [6, 6.07) is 0. The molecule has 0 saturated carbocycles. The van der Waals surface area contributed by atoms with E-state index in [2.05, 4.69) is 11.7 Å². The van der Waals surface area contributed by atoms with Crippen molar-refractivity contribution in [3.63, 3.8) is 0 Å². The van der Waals surface area contributed by atoms with Crippen LogP contribution in [0.4, 0.5) is 0 Å². The number of hydrogen-bond acceptors (Lipinski definition) is 4. The number of ketones is 1. The van der Waals surface area contributed by atoms with Crippen molar-refractivity contribution < 1.29 is 14.7 Å². The van der Waals surface area contributed by atoms with Crippen molar-refractivity contribution in [3.05, 3.63) is 12.7 Å². The fraction of sp³-hybridized carbons (Fsp3) is 0.429. The number of oxime groups is 1. The molecular formula is C7H11NO3. The monoisotopic (exact) mass is 157 g/mol. The summed E-state index contributed by atoms with van der Waals surface area (Å²) in [6.07, 6.45) is 2.69. The predicted molar refractivity (Wildman–Crippen MR) is 40.9 cm³/mol. The normalized spacial score (nSPS) is 10.2. The zero-order valence-electron chi connectivity index (χ0n) is 6.19. The maximum Gasteiger partial charge on any atom is 0.179 e. The molecule has 0 aromatic rings. The van der Waals surface area contributed by atoms with Crippen molar-refractivity contribution >= 4 is 12.0 Å². The molecule has 0 aromatic carbocycles. The largest absolute Gasteiger partial charge is 0.411 e. The lowest BCUT2D eigenvalue weighted by Gasteiger charge is -1.95. The van der Waals surface area contributed by atoms with Gasteiger partial charge in [-0.15, -0.1) is 6.58 Å². The minimum atomic E-state index is -0.253. The highest BCUT2D eigenvalue weighted by Gasteiger charge is 1.95. The number of Topliss-reactive ketones (excluding diaryl/α,β-unsaturated/α-hetero) is 1. The SMILES string of the molecule is C=CCOCCC(=O)C=NO. The standard InChI is InChI=1S/C7H11NO3/c1-2-4-11-5-3-7(9)6-8-10/h2,6,10H,1,3-5H2. The molecule has 0 saturated heterocycles. The first kappa shape index (κ1) is 9.84. The van der Waals surface area contributed by atoms with Crippen LogP contribution in [0.15, 0.2) is 17.8 Å². The van der Waals surface area contributed by atoms with E-state index in [1.807, 2.05) is 0 Å². The van der Waals surface area contributed by atoms with Gasteiger partial charge in [0.05, 0.1) is 13.2 Å². The number of rotatable bonds is 6. The highest BCUT2D eigenvalue weighted by atomic mass is 16.5. The fourth-order valence-electron chi connectivity index (χ4n) is 0.468. The third kappa shape index (κ3) is 6.73. The molecule has 11 heavy (non-hydrogen) atoms. The average Bonchev–Trinajstić information content (AvgIpc) is 1.99. The van der Waals surface area contributed by atoms with Gasteiger partial charge in [-0.25, -0.2) is 0 Å². The molecule has 0 heterocycles.